The summed E-state index contributed by atoms with van der Waals surface area (Å²) in [6, 6.07) is 11.6. The van der Waals surface area contributed by atoms with Gasteiger partial charge in [0.15, 0.2) is 5.69 Å². The summed E-state index contributed by atoms with van der Waals surface area (Å²) < 4.78 is 15.2. The van der Waals surface area contributed by atoms with Crippen molar-refractivity contribution in [3.05, 3.63) is 80.8 Å². The summed E-state index contributed by atoms with van der Waals surface area (Å²) in [6.45, 7) is 1.79. The molecule has 36 heavy (non-hydrogen) atoms. The van der Waals surface area contributed by atoms with Crippen LogP contribution in [0.5, 0.6) is 0 Å². The van der Waals surface area contributed by atoms with Gasteiger partial charge in [-0.25, -0.2) is 14.1 Å². The van der Waals surface area contributed by atoms with Crippen LogP contribution >= 0.6 is 35.0 Å². The van der Waals surface area contributed by atoms with Gasteiger partial charge in [0.2, 0.25) is 0 Å². The summed E-state index contributed by atoms with van der Waals surface area (Å²) in [5.74, 6) is 2.26. The first-order chi connectivity index (χ1) is 17.5. The van der Waals surface area contributed by atoms with Crippen LogP contribution < -0.4 is 5.43 Å². The van der Waals surface area contributed by atoms with Gasteiger partial charge in [0.05, 0.1) is 16.4 Å². The monoisotopic (exact) mass is 542 g/mol. The van der Waals surface area contributed by atoms with Crippen LogP contribution in [0, 0.1) is 17.7 Å². The average molecular weight is 543 g/mol. The minimum atomic E-state index is -0.279. The van der Waals surface area contributed by atoms with E-state index in [-0.39, 0.29) is 11.7 Å². The van der Waals surface area contributed by atoms with Gasteiger partial charge in [0.25, 0.3) is 5.91 Å². The third kappa shape index (κ3) is 4.58. The van der Waals surface area contributed by atoms with Crippen molar-refractivity contribution in [1.82, 2.24) is 20.2 Å². The highest BCUT2D eigenvalue weighted by molar-refractivity contribution is 7.99. The number of aromatic nitrogens is 2. The Hall–Kier alpha value is -2.32. The number of amides is 1. The summed E-state index contributed by atoms with van der Waals surface area (Å²) >= 11 is 14.5. The van der Waals surface area contributed by atoms with Gasteiger partial charge in [0.1, 0.15) is 5.82 Å². The van der Waals surface area contributed by atoms with E-state index in [9.17, 15) is 9.18 Å². The third-order valence-electron chi connectivity index (χ3n) is 7.34. The number of halogens is 3. The van der Waals surface area contributed by atoms with Crippen LogP contribution in [0.4, 0.5) is 4.39 Å². The number of hydrazine groups is 1. The molecule has 6 rings (SSSR count). The van der Waals surface area contributed by atoms with Crippen LogP contribution in [0.3, 0.4) is 0 Å². The standard InChI is InChI=1S/C27H25Cl2FN4OS/c28-20-6-9-24(23(29)11-20)34-26-19(10-16-4-7-21(30)8-5-16)14-36-15-22(26)25(31-34)27(35)32-33-12-17-2-1-3-18(17)13-33/h4-11,17-18H,1-3,12-15H2,(H,32,35). The average Bonchev–Trinajstić information content (AvgIpc) is 3.55. The molecule has 2 atom stereocenters. The van der Waals surface area contributed by atoms with Crippen LogP contribution in [0.2, 0.25) is 10.0 Å². The second-order valence-electron chi connectivity index (χ2n) is 9.69. The lowest BCUT2D eigenvalue weighted by atomic mass is 10.0. The first-order valence-corrected chi connectivity index (χ1v) is 14.0. The Kier molecular flexibility index (Phi) is 6.58. The van der Waals surface area contributed by atoms with Crippen molar-refractivity contribution in [2.45, 2.75) is 25.0 Å². The van der Waals surface area contributed by atoms with Gasteiger partial charge in [-0.1, -0.05) is 41.8 Å². The molecule has 3 aliphatic rings. The smallest absolute Gasteiger partial charge is 0.283 e. The van der Waals surface area contributed by atoms with E-state index < -0.39 is 0 Å². The molecule has 2 unspecified atom stereocenters. The van der Waals surface area contributed by atoms with Gasteiger partial charge in [-0.2, -0.15) is 16.9 Å². The maximum absolute atomic E-state index is 13.5. The molecule has 2 aromatic carbocycles. The quantitative estimate of drug-likeness (QED) is 0.409. The molecule has 1 saturated carbocycles. The van der Waals surface area contributed by atoms with E-state index in [2.05, 4.69) is 10.4 Å². The summed E-state index contributed by atoms with van der Waals surface area (Å²) in [4.78, 5) is 13.5. The van der Waals surface area contributed by atoms with Crippen molar-refractivity contribution in [2.75, 3.05) is 18.8 Å². The predicted octanol–water partition coefficient (Wildman–Crippen LogP) is 6.48. The molecule has 186 valence electrons. The maximum Gasteiger partial charge on any atom is 0.286 e. The molecule has 1 amide bonds. The highest BCUT2D eigenvalue weighted by Crippen LogP contribution is 2.40. The second kappa shape index (κ2) is 9.86. The van der Waals surface area contributed by atoms with Crippen LogP contribution in [-0.4, -0.2) is 39.5 Å². The Morgan fingerprint density at radius 2 is 1.83 bits per heavy atom. The van der Waals surface area contributed by atoms with E-state index in [4.69, 9.17) is 28.3 Å². The van der Waals surface area contributed by atoms with E-state index in [1.54, 1.807) is 40.7 Å². The van der Waals surface area contributed by atoms with Crippen LogP contribution in [0.1, 0.15) is 46.6 Å². The third-order valence-corrected chi connectivity index (χ3v) is 8.89. The van der Waals surface area contributed by atoms with E-state index in [0.29, 0.717) is 39.0 Å². The van der Waals surface area contributed by atoms with Crippen molar-refractivity contribution in [3.8, 4) is 5.69 Å². The van der Waals surface area contributed by atoms with Gasteiger partial charge in [-0.3, -0.25) is 10.2 Å². The number of fused-ring (bicyclic) bond motifs is 2. The van der Waals surface area contributed by atoms with Gasteiger partial charge in [-0.15, -0.1) is 0 Å². The Labute approximate surface area is 223 Å². The van der Waals surface area contributed by atoms with Gasteiger partial charge in [0, 0.05) is 35.2 Å². The molecule has 1 saturated heterocycles. The first-order valence-electron chi connectivity index (χ1n) is 12.1. The maximum atomic E-state index is 13.5. The number of rotatable bonds is 4. The van der Waals surface area contributed by atoms with Gasteiger partial charge >= 0.3 is 0 Å². The number of hydrogen-bond donors (Lipinski definition) is 1. The van der Waals surface area contributed by atoms with Crippen molar-refractivity contribution in [3.63, 3.8) is 0 Å². The van der Waals surface area contributed by atoms with E-state index in [0.717, 1.165) is 41.2 Å². The van der Waals surface area contributed by atoms with Crippen molar-refractivity contribution in [1.29, 1.82) is 0 Å². The topological polar surface area (TPSA) is 50.2 Å². The number of thioether (sulfide) groups is 1. The number of benzene rings is 2. The number of carbonyl (C=O) groups is 1. The zero-order chi connectivity index (χ0) is 24.8. The fraction of sp³-hybridized carbons (Fsp3) is 0.333. The van der Waals surface area contributed by atoms with Crippen LogP contribution in [0.15, 0.2) is 42.5 Å². The fourth-order valence-electron chi connectivity index (χ4n) is 5.65. The normalized spacial score (nSPS) is 22.6. The van der Waals surface area contributed by atoms with Crippen LogP contribution in [-0.2, 0) is 5.75 Å². The molecule has 1 N–H and O–H groups in total. The number of carbonyl (C=O) groups excluding carboxylic acids is 1. The summed E-state index contributed by atoms with van der Waals surface area (Å²) in [5.41, 5.74) is 7.80. The second-order valence-corrected chi connectivity index (χ2v) is 11.5. The highest BCUT2D eigenvalue weighted by atomic mass is 35.5. The molecule has 9 heteroatoms. The molecular formula is C27H25Cl2FN4OS. The van der Waals surface area contributed by atoms with Crippen LogP contribution in [0.25, 0.3) is 17.3 Å². The van der Waals surface area contributed by atoms with E-state index in [1.165, 1.54) is 31.4 Å². The lowest BCUT2D eigenvalue weighted by Crippen LogP contribution is -2.41. The van der Waals surface area contributed by atoms with Crippen molar-refractivity contribution in [2.24, 2.45) is 11.8 Å². The Morgan fingerprint density at radius 1 is 1.08 bits per heavy atom. The lowest BCUT2D eigenvalue weighted by molar-refractivity contribution is 0.0808. The Morgan fingerprint density at radius 3 is 2.56 bits per heavy atom. The lowest BCUT2D eigenvalue weighted by Gasteiger charge is -2.20. The van der Waals surface area contributed by atoms with Crippen molar-refractivity contribution >= 4 is 52.5 Å². The molecule has 5 nitrogen and oxygen atoms in total. The fourth-order valence-corrected chi connectivity index (χ4v) is 7.16. The van der Waals surface area contributed by atoms with E-state index in [1.807, 2.05) is 12.1 Å². The SMILES string of the molecule is O=C(NN1CC2CCCC2C1)c1nn(-c2ccc(Cl)cc2Cl)c2c1CSCC2=Cc1ccc(F)cc1. The molecule has 1 aliphatic carbocycles. The molecule has 1 aromatic heterocycles. The number of hydrogen-bond acceptors (Lipinski definition) is 4. The minimum absolute atomic E-state index is 0.196. The highest BCUT2D eigenvalue weighted by Gasteiger charge is 2.37. The van der Waals surface area contributed by atoms with E-state index >= 15 is 0 Å². The number of nitrogens with zero attached hydrogens (tertiary/aromatic N) is 3. The molecule has 3 heterocycles. The molecule has 0 radical (unpaired) electrons. The largest absolute Gasteiger partial charge is 0.286 e. The van der Waals surface area contributed by atoms with Crippen molar-refractivity contribution < 1.29 is 9.18 Å². The summed E-state index contributed by atoms with van der Waals surface area (Å²) in [7, 11) is 0. The zero-order valence-electron chi connectivity index (χ0n) is 19.5. The molecule has 0 bridgehead atoms. The van der Waals surface area contributed by atoms with Gasteiger partial charge < -0.3 is 0 Å². The predicted molar refractivity (Wildman–Crippen MR) is 144 cm³/mol. The molecule has 2 aliphatic heterocycles. The zero-order valence-corrected chi connectivity index (χ0v) is 21.8. The Balaban J connectivity index is 1.41. The van der Waals surface area contributed by atoms with Gasteiger partial charge in [-0.05, 0) is 72.2 Å². The number of nitrogens with one attached hydrogen (secondary N) is 1. The summed E-state index contributed by atoms with van der Waals surface area (Å²) in [6.07, 6.45) is 5.79. The molecule has 2 fully saturated rings. The molecule has 3 aromatic rings. The minimum Gasteiger partial charge on any atom is -0.283 e. The summed E-state index contributed by atoms with van der Waals surface area (Å²) in [5, 5.41) is 7.85. The Bertz CT molecular complexity index is 1340. The first kappa shape index (κ1) is 24.0. The molecular weight excluding hydrogens is 518 g/mol. The molecule has 0 spiro atoms.